The van der Waals surface area contributed by atoms with Crippen molar-refractivity contribution in [2.24, 2.45) is 7.05 Å². The molecule has 1 amide bonds. The molecule has 1 N–H and O–H groups in total. The number of ether oxygens (including phenoxy) is 2. The number of anilines is 1. The first-order valence-electron chi connectivity index (χ1n) is 13.3. The van der Waals surface area contributed by atoms with Crippen LogP contribution >= 0.6 is 0 Å². The summed E-state index contributed by atoms with van der Waals surface area (Å²) in [5.41, 5.74) is 1.93. The lowest BCUT2D eigenvalue weighted by Crippen LogP contribution is -2.36. The lowest BCUT2D eigenvalue weighted by atomic mass is 10.1. The number of para-hydroxylation sites is 1. The summed E-state index contributed by atoms with van der Waals surface area (Å²) >= 11 is 0. The van der Waals surface area contributed by atoms with Gasteiger partial charge in [-0.3, -0.25) is 14.2 Å². The highest BCUT2D eigenvalue weighted by atomic mass is 19.3. The Morgan fingerprint density at radius 3 is 2.56 bits per heavy atom. The van der Waals surface area contributed by atoms with E-state index in [0.717, 1.165) is 17.5 Å². The summed E-state index contributed by atoms with van der Waals surface area (Å²) in [6.07, 6.45) is 3.79. The van der Waals surface area contributed by atoms with Gasteiger partial charge in [0.25, 0.3) is 5.56 Å². The summed E-state index contributed by atoms with van der Waals surface area (Å²) < 4.78 is 39.2. The van der Waals surface area contributed by atoms with Gasteiger partial charge in [-0.1, -0.05) is 24.3 Å². The third kappa shape index (κ3) is 6.31. The maximum Gasteiger partial charge on any atom is 0.410 e. The SMILES string of the molecule is Cn1c(=O)c2ccc(-c3cnc(N[C@H]4CCN(C(=O)OC(C)(C)C)C4)nc3)cc2n1Cc1ccccc1OC(F)F. The maximum atomic E-state index is 12.9. The molecule has 10 nitrogen and oxygen atoms in total. The molecule has 41 heavy (non-hydrogen) atoms. The number of halogens is 2. The molecule has 1 atom stereocenters. The topological polar surface area (TPSA) is 104 Å². The van der Waals surface area contributed by atoms with Crippen molar-refractivity contribution in [2.45, 2.75) is 52.0 Å². The van der Waals surface area contributed by atoms with Crippen LogP contribution in [-0.2, 0) is 18.3 Å². The van der Waals surface area contributed by atoms with Gasteiger partial charge in [-0.15, -0.1) is 0 Å². The van der Waals surface area contributed by atoms with Crippen LogP contribution in [0, 0.1) is 0 Å². The van der Waals surface area contributed by atoms with Crippen LogP contribution in [0.4, 0.5) is 19.5 Å². The first-order chi connectivity index (χ1) is 19.5. The van der Waals surface area contributed by atoms with Gasteiger partial charge in [0.15, 0.2) is 0 Å². The van der Waals surface area contributed by atoms with Crippen LogP contribution in [0.2, 0.25) is 0 Å². The van der Waals surface area contributed by atoms with Gasteiger partial charge in [-0.2, -0.15) is 8.78 Å². The molecule has 12 heteroatoms. The van der Waals surface area contributed by atoms with Crippen molar-refractivity contribution in [1.82, 2.24) is 24.2 Å². The molecule has 1 saturated heterocycles. The molecule has 2 aromatic heterocycles. The normalized spacial score (nSPS) is 15.5. The van der Waals surface area contributed by atoms with Gasteiger partial charge in [0, 0.05) is 49.7 Å². The van der Waals surface area contributed by atoms with E-state index in [2.05, 4.69) is 20.0 Å². The predicted molar refractivity (Wildman–Crippen MR) is 150 cm³/mol. The van der Waals surface area contributed by atoms with Crippen molar-refractivity contribution >= 4 is 22.9 Å². The molecule has 216 valence electrons. The number of amides is 1. The Balaban J connectivity index is 1.33. The fourth-order valence-corrected chi connectivity index (χ4v) is 4.85. The molecule has 3 heterocycles. The van der Waals surface area contributed by atoms with Crippen LogP contribution in [0.25, 0.3) is 22.0 Å². The van der Waals surface area contributed by atoms with E-state index in [1.165, 1.54) is 10.7 Å². The Bertz CT molecular complexity index is 1610. The zero-order valence-electron chi connectivity index (χ0n) is 23.3. The van der Waals surface area contributed by atoms with Crippen LogP contribution in [-0.4, -0.2) is 61.7 Å². The Labute approximate surface area is 235 Å². The molecule has 1 aliphatic rings. The third-order valence-electron chi connectivity index (χ3n) is 6.83. The summed E-state index contributed by atoms with van der Waals surface area (Å²) in [6.45, 7) is 3.80. The van der Waals surface area contributed by atoms with Gasteiger partial charge in [0.05, 0.1) is 17.4 Å². The second-order valence-corrected chi connectivity index (χ2v) is 11.0. The quantitative estimate of drug-likeness (QED) is 0.341. The van der Waals surface area contributed by atoms with E-state index in [1.54, 1.807) is 53.3 Å². The Kier molecular flexibility index (Phi) is 7.65. The summed E-state index contributed by atoms with van der Waals surface area (Å²) in [7, 11) is 1.63. The lowest BCUT2D eigenvalue weighted by molar-refractivity contribution is -0.0505. The molecule has 2 aromatic carbocycles. The molecular formula is C29H32F2N6O4. The molecule has 0 unspecified atom stereocenters. The molecular weight excluding hydrogens is 534 g/mol. The molecule has 0 spiro atoms. The van der Waals surface area contributed by atoms with Gasteiger partial charge in [0.1, 0.15) is 11.4 Å². The minimum Gasteiger partial charge on any atom is -0.444 e. The average molecular weight is 567 g/mol. The van der Waals surface area contributed by atoms with E-state index in [-0.39, 0.29) is 30.0 Å². The maximum absolute atomic E-state index is 12.9. The minimum absolute atomic E-state index is 0.000369. The van der Waals surface area contributed by atoms with Crippen LogP contribution in [0.1, 0.15) is 32.8 Å². The molecule has 0 aliphatic carbocycles. The molecule has 4 aromatic rings. The van der Waals surface area contributed by atoms with E-state index in [1.807, 2.05) is 32.9 Å². The molecule has 0 bridgehead atoms. The molecule has 0 saturated carbocycles. The van der Waals surface area contributed by atoms with Crippen LogP contribution < -0.4 is 15.6 Å². The van der Waals surface area contributed by atoms with Crippen molar-refractivity contribution in [2.75, 3.05) is 18.4 Å². The highest BCUT2D eigenvalue weighted by Gasteiger charge is 2.30. The van der Waals surface area contributed by atoms with E-state index < -0.39 is 12.2 Å². The summed E-state index contributed by atoms with van der Waals surface area (Å²) in [5, 5.41) is 3.78. The number of carbonyl (C=O) groups is 1. The van der Waals surface area contributed by atoms with Crippen LogP contribution in [0.5, 0.6) is 5.75 Å². The van der Waals surface area contributed by atoms with Crippen molar-refractivity contribution < 1.29 is 23.0 Å². The number of benzene rings is 2. The lowest BCUT2D eigenvalue weighted by Gasteiger charge is -2.24. The fraction of sp³-hybridized carbons (Fsp3) is 0.379. The Morgan fingerprint density at radius 2 is 1.85 bits per heavy atom. The van der Waals surface area contributed by atoms with Gasteiger partial charge in [-0.25, -0.2) is 14.8 Å². The summed E-state index contributed by atoms with van der Waals surface area (Å²) in [6, 6.07) is 11.9. The number of nitrogens with zero attached hydrogens (tertiary/aromatic N) is 5. The average Bonchev–Trinajstić information content (AvgIpc) is 3.48. The third-order valence-corrected chi connectivity index (χ3v) is 6.83. The number of likely N-dealkylation sites (tertiary alicyclic amines) is 1. The van der Waals surface area contributed by atoms with E-state index >= 15 is 0 Å². The van der Waals surface area contributed by atoms with Crippen molar-refractivity contribution in [3.8, 4) is 16.9 Å². The van der Waals surface area contributed by atoms with Gasteiger partial charge in [-0.05, 0) is 51.0 Å². The number of nitrogens with one attached hydrogen (secondary N) is 1. The molecule has 1 aliphatic heterocycles. The molecule has 0 radical (unpaired) electrons. The van der Waals surface area contributed by atoms with Crippen LogP contribution in [0.15, 0.2) is 59.7 Å². The number of aromatic nitrogens is 4. The van der Waals surface area contributed by atoms with Gasteiger partial charge in [0.2, 0.25) is 5.95 Å². The molecule has 5 rings (SSSR count). The van der Waals surface area contributed by atoms with Crippen LogP contribution in [0.3, 0.4) is 0 Å². The van der Waals surface area contributed by atoms with E-state index in [0.29, 0.717) is 35.5 Å². The Hall–Kier alpha value is -4.48. The number of hydrogen-bond acceptors (Lipinski definition) is 7. The van der Waals surface area contributed by atoms with Crippen molar-refractivity contribution in [1.29, 1.82) is 0 Å². The molecule has 1 fully saturated rings. The number of alkyl halides is 2. The first-order valence-corrected chi connectivity index (χ1v) is 13.3. The summed E-state index contributed by atoms with van der Waals surface area (Å²) in [5.74, 6) is 0.499. The van der Waals surface area contributed by atoms with Crippen molar-refractivity contribution in [3.05, 3.63) is 70.8 Å². The van der Waals surface area contributed by atoms with Crippen molar-refractivity contribution in [3.63, 3.8) is 0 Å². The largest absolute Gasteiger partial charge is 0.444 e. The minimum atomic E-state index is -2.96. The zero-order valence-corrected chi connectivity index (χ0v) is 23.3. The van der Waals surface area contributed by atoms with E-state index in [9.17, 15) is 18.4 Å². The van der Waals surface area contributed by atoms with Gasteiger partial charge >= 0.3 is 12.7 Å². The summed E-state index contributed by atoms with van der Waals surface area (Å²) in [4.78, 5) is 35.9. The second kappa shape index (κ2) is 11.2. The Morgan fingerprint density at radius 1 is 1.12 bits per heavy atom. The highest BCUT2D eigenvalue weighted by Crippen LogP contribution is 2.26. The number of carbonyl (C=O) groups excluding carboxylic acids is 1. The fourth-order valence-electron chi connectivity index (χ4n) is 4.85. The highest BCUT2D eigenvalue weighted by molar-refractivity contribution is 5.84. The standard InChI is InChI=1S/C29H32F2N6O4/c1-29(2,3)41-28(39)36-12-11-21(17-36)34-27-32-14-20(15-33-27)18-9-10-22-23(13-18)37(35(4)25(22)38)16-19-7-5-6-8-24(19)40-26(30)31/h5-10,13-15,21,26H,11-12,16-17H2,1-4H3,(H,32,33,34)/t21-/m0/s1. The van der Waals surface area contributed by atoms with Gasteiger partial charge < -0.3 is 19.7 Å². The predicted octanol–water partition coefficient (Wildman–Crippen LogP) is 4.87. The number of rotatable bonds is 7. The number of fused-ring (bicyclic) bond motifs is 1. The number of hydrogen-bond donors (Lipinski definition) is 1. The first kappa shape index (κ1) is 28.1. The van der Waals surface area contributed by atoms with E-state index in [4.69, 9.17) is 4.74 Å². The second-order valence-electron chi connectivity index (χ2n) is 11.0. The zero-order chi connectivity index (χ0) is 29.3. The smallest absolute Gasteiger partial charge is 0.410 e. The monoisotopic (exact) mass is 566 g/mol.